The predicted octanol–water partition coefficient (Wildman–Crippen LogP) is 6.78. The van der Waals surface area contributed by atoms with E-state index in [4.69, 9.17) is 0 Å². The molecular weight excluding hydrogens is 400 g/mol. The zero-order chi connectivity index (χ0) is 20.3. The van der Waals surface area contributed by atoms with Crippen LogP contribution in [-0.4, -0.2) is 34.9 Å². The summed E-state index contributed by atoms with van der Waals surface area (Å²) >= 11 is 0. The SMILES string of the molecule is CC(/C=C(/C)[N-]CC(C)C)=NCC(C)C.C[Si](C)(C)C#C[Si](C)(C)C.[Cu+]. The Bertz CT molecular complexity index is 467. The van der Waals surface area contributed by atoms with Crippen LogP contribution in [0, 0.1) is 22.9 Å². The molecule has 0 saturated heterocycles. The first kappa shape index (κ1) is 30.5. The van der Waals surface area contributed by atoms with Crippen LogP contribution >= 0.6 is 0 Å². The van der Waals surface area contributed by atoms with Gasteiger partial charge in [-0.1, -0.05) is 85.9 Å². The number of allylic oxidation sites excluding steroid dienone is 2. The van der Waals surface area contributed by atoms with Crippen LogP contribution in [0.15, 0.2) is 16.8 Å². The Hall–Kier alpha value is -0.277. The molecule has 5 heteroatoms. The Kier molecular flexibility index (Phi) is 17.3. The standard InChI is InChI=1S/C13H25N2.C8H18Si2.Cu/c1-10(2)8-14-12(5)7-13(6)15-9-11(3)4;1-9(2,3)7-8-10(4,5)6;/h7,10-11H,8-9H2,1-6H3;1-6H3;/q-1;;+1/b12-7-,15-13?;;. The monoisotopic (exact) mass is 442 g/mol. The van der Waals surface area contributed by atoms with Crippen molar-refractivity contribution >= 4 is 21.9 Å². The fraction of sp³-hybridized carbons (Fsp3) is 0.762. The molecule has 0 rings (SSSR count). The number of hydrogen-bond donors (Lipinski definition) is 0. The van der Waals surface area contributed by atoms with E-state index in [1.54, 1.807) is 0 Å². The zero-order valence-corrected chi connectivity index (χ0v) is 22.3. The van der Waals surface area contributed by atoms with Crippen LogP contribution in [0.2, 0.25) is 39.3 Å². The van der Waals surface area contributed by atoms with Crippen LogP contribution in [0.5, 0.6) is 0 Å². The molecule has 0 amide bonds. The van der Waals surface area contributed by atoms with E-state index >= 15 is 0 Å². The maximum Gasteiger partial charge on any atom is 1.00 e. The maximum atomic E-state index is 4.47. The van der Waals surface area contributed by atoms with Gasteiger partial charge in [0.05, 0.1) is 0 Å². The maximum absolute atomic E-state index is 4.47. The van der Waals surface area contributed by atoms with Crippen molar-refractivity contribution in [1.29, 1.82) is 0 Å². The van der Waals surface area contributed by atoms with Gasteiger partial charge < -0.3 is 5.32 Å². The van der Waals surface area contributed by atoms with Crippen LogP contribution in [0.4, 0.5) is 0 Å². The van der Waals surface area contributed by atoms with E-state index in [0.717, 1.165) is 24.5 Å². The Morgan fingerprint density at radius 2 is 1.31 bits per heavy atom. The second-order valence-electron chi connectivity index (χ2n) is 9.65. The minimum absolute atomic E-state index is 0. The average Bonchev–Trinajstić information content (AvgIpc) is 2.40. The molecule has 0 spiro atoms. The first-order valence-corrected chi connectivity index (χ1v) is 16.5. The largest absolute Gasteiger partial charge is 1.00 e. The summed E-state index contributed by atoms with van der Waals surface area (Å²) in [5, 5.41) is 4.47. The smallest absolute Gasteiger partial charge is 0.688 e. The summed E-state index contributed by atoms with van der Waals surface area (Å²) in [7, 11) is -2.19. The van der Waals surface area contributed by atoms with Gasteiger partial charge in [0.2, 0.25) is 0 Å². The second kappa shape index (κ2) is 14.7. The number of aliphatic imine (C=N–C) groups is 1. The van der Waals surface area contributed by atoms with Crippen molar-refractivity contribution in [1.82, 2.24) is 0 Å². The van der Waals surface area contributed by atoms with Gasteiger partial charge in [-0.25, -0.2) is 0 Å². The molecule has 0 aliphatic carbocycles. The molecule has 0 N–H and O–H groups in total. The number of nitrogens with zero attached hydrogens (tertiary/aromatic N) is 2. The summed E-state index contributed by atoms with van der Waals surface area (Å²) in [5.41, 5.74) is 8.98. The van der Waals surface area contributed by atoms with Crippen LogP contribution in [0.3, 0.4) is 0 Å². The molecule has 0 radical (unpaired) electrons. The Labute approximate surface area is 177 Å². The van der Waals surface area contributed by atoms with Crippen molar-refractivity contribution in [3.63, 3.8) is 0 Å². The van der Waals surface area contributed by atoms with E-state index in [9.17, 15) is 0 Å². The predicted molar refractivity (Wildman–Crippen MR) is 124 cm³/mol. The molecule has 0 aromatic carbocycles. The third kappa shape index (κ3) is 28.5. The first-order chi connectivity index (χ1) is 11.1. The molecule has 0 aliphatic rings. The van der Waals surface area contributed by atoms with Gasteiger partial charge in [-0.2, -0.15) is 5.70 Å². The molecule has 0 unspecified atom stereocenters. The van der Waals surface area contributed by atoms with Crippen molar-refractivity contribution in [3.8, 4) is 11.1 Å². The molecule has 0 aromatic heterocycles. The van der Waals surface area contributed by atoms with Gasteiger partial charge >= 0.3 is 17.1 Å². The topological polar surface area (TPSA) is 26.5 Å². The van der Waals surface area contributed by atoms with E-state index in [2.05, 4.69) is 94.4 Å². The molecule has 0 fully saturated rings. The number of rotatable bonds is 6. The molecular formula is C21H43CuN2Si2. The van der Waals surface area contributed by atoms with E-state index < -0.39 is 16.1 Å². The molecule has 0 bridgehead atoms. The van der Waals surface area contributed by atoms with E-state index in [0.29, 0.717) is 11.8 Å². The van der Waals surface area contributed by atoms with Crippen LogP contribution in [0.1, 0.15) is 41.5 Å². The quantitative estimate of drug-likeness (QED) is 0.246. The molecule has 0 heterocycles. The average molecular weight is 443 g/mol. The van der Waals surface area contributed by atoms with E-state index in [-0.39, 0.29) is 17.1 Å². The van der Waals surface area contributed by atoms with Crippen molar-refractivity contribution in [2.75, 3.05) is 13.1 Å². The minimum atomic E-state index is -1.09. The Balaban J connectivity index is -0.000000422. The van der Waals surface area contributed by atoms with Crippen molar-refractivity contribution in [2.24, 2.45) is 16.8 Å². The summed E-state index contributed by atoms with van der Waals surface area (Å²) in [5.74, 6) is 1.25. The summed E-state index contributed by atoms with van der Waals surface area (Å²) in [6.07, 6.45) is 2.06. The van der Waals surface area contributed by atoms with Gasteiger partial charge in [-0.15, -0.1) is 17.6 Å². The van der Waals surface area contributed by atoms with Crippen LogP contribution in [0.25, 0.3) is 5.32 Å². The van der Waals surface area contributed by atoms with Crippen molar-refractivity contribution < 1.29 is 17.1 Å². The zero-order valence-electron chi connectivity index (χ0n) is 19.3. The van der Waals surface area contributed by atoms with Gasteiger partial charge in [0.15, 0.2) is 0 Å². The van der Waals surface area contributed by atoms with E-state index in [1.807, 2.05) is 13.8 Å². The van der Waals surface area contributed by atoms with Crippen LogP contribution < -0.4 is 0 Å². The molecule has 0 saturated carbocycles. The Morgan fingerprint density at radius 3 is 1.62 bits per heavy atom. The van der Waals surface area contributed by atoms with Crippen molar-refractivity contribution in [3.05, 3.63) is 17.1 Å². The molecule has 26 heavy (non-hydrogen) atoms. The third-order valence-electron chi connectivity index (χ3n) is 2.64. The van der Waals surface area contributed by atoms with Crippen LogP contribution in [-0.2, 0) is 17.1 Å². The molecule has 2 nitrogen and oxygen atoms in total. The molecule has 0 aliphatic heterocycles. The van der Waals surface area contributed by atoms with Gasteiger partial charge in [0, 0.05) is 12.3 Å². The first-order valence-electron chi connectivity index (χ1n) is 9.53. The molecule has 156 valence electrons. The summed E-state index contributed by atoms with van der Waals surface area (Å²) in [6, 6.07) is 0. The summed E-state index contributed by atoms with van der Waals surface area (Å²) < 4.78 is 0. The minimum Gasteiger partial charge on any atom is -0.688 e. The fourth-order valence-corrected chi connectivity index (χ4v) is 4.42. The normalized spacial score (nSPS) is 12.7. The summed E-state index contributed by atoms with van der Waals surface area (Å²) in [6.45, 7) is 28.3. The number of hydrogen-bond acceptors (Lipinski definition) is 1. The second-order valence-corrected chi connectivity index (χ2v) is 19.1. The molecule has 0 atom stereocenters. The van der Waals surface area contributed by atoms with Gasteiger partial charge in [0.1, 0.15) is 16.1 Å². The van der Waals surface area contributed by atoms with Gasteiger partial charge in [0.25, 0.3) is 0 Å². The van der Waals surface area contributed by atoms with Crippen molar-refractivity contribution in [2.45, 2.75) is 80.8 Å². The molecule has 0 aromatic rings. The van der Waals surface area contributed by atoms with Gasteiger partial charge in [-0.05, 0) is 12.8 Å². The summed E-state index contributed by atoms with van der Waals surface area (Å²) in [4.78, 5) is 4.47. The van der Waals surface area contributed by atoms with Gasteiger partial charge in [-0.3, -0.25) is 4.99 Å². The fourth-order valence-electron chi connectivity index (χ4n) is 1.42. The Morgan fingerprint density at radius 1 is 0.885 bits per heavy atom. The third-order valence-corrected chi connectivity index (χ3v) is 4.64. The van der Waals surface area contributed by atoms with E-state index in [1.165, 1.54) is 0 Å².